The van der Waals surface area contributed by atoms with Crippen molar-refractivity contribution in [2.75, 3.05) is 6.54 Å². The van der Waals surface area contributed by atoms with Gasteiger partial charge in [-0.2, -0.15) is 0 Å². The number of nitrogens with two attached hydrogens (primary N) is 1. The van der Waals surface area contributed by atoms with Crippen LogP contribution in [-0.2, 0) is 19.1 Å². The summed E-state index contributed by atoms with van der Waals surface area (Å²) >= 11 is 0. The number of carbonyl (C=O) groups excluding carboxylic acids is 2. The molecule has 7 nitrogen and oxygen atoms in total. The van der Waals surface area contributed by atoms with Gasteiger partial charge >= 0.3 is 11.9 Å². The van der Waals surface area contributed by atoms with Gasteiger partial charge in [0.05, 0.1) is 0 Å². The highest BCUT2D eigenvalue weighted by atomic mass is 16.5. The second-order valence-corrected chi connectivity index (χ2v) is 14.7. The Kier molecular flexibility index (Phi) is 37.9. The lowest BCUT2D eigenvalue weighted by Gasteiger charge is -2.18. The largest absolute Gasteiger partial charge is 0.480 e. The van der Waals surface area contributed by atoms with Crippen molar-refractivity contribution in [3.63, 3.8) is 0 Å². The molecule has 0 fully saturated rings. The first kappa shape index (κ1) is 49.6. The number of carboxylic acid groups (broad SMARTS) is 1. The number of unbranched alkanes of at least 4 members (excludes halogenated alkanes) is 19. The van der Waals surface area contributed by atoms with Crippen molar-refractivity contribution in [3.8, 4) is 0 Å². The molecule has 0 spiro atoms. The molecule has 7 heteroatoms. The Morgan fingerprint density at radius 1 is 0.577 bits per heavy atom. The number of carboxylic acids is 1. The lowest BCUT2D eigenvalue weighted by Crippen LogP contribution is -2.40. The first-order valence-corrected chi connectivity index (χ1v) is 21.8. The van der Waals surface area contributed by atoms with Crippen LogP contribution in [0.3, 0.4) is 0 Å². The minimum absolute atomic E-state index is 0.00718. The summed E-state index contributed by atoms with van der Waals surface area (Å²) in [6.45, 7) is 4.84. The van der Waals surface area contributed by atoms with Crippen LogP contribution in [0.15, 0.2) is 36.5 Å². The second kappa shape index (κ2) is 39.8. The minimum atomic E-state index is -1.00. The molecule has 0 aromatic rings. The van der Waals surface area contributed by atoms with E-state index in [0.717, 1.165) is 89.9 Å². The Labute approximate surface area is 320 Å². The number of nitrogens with one attached hydrogen (secondary N) is 1. The van der Waals surface area contributed by atoms with Gasteiger partial charge in [0.1, 0.15) is 12.1 Å². The van der Waals surface area contributed by atoms with Gasteiger partial charge in [-0.1, -0.05) is 153 Å². The van der Waals surface area contributed by atoms with Crippen LogP contribution in [0.1, 0.15) is 213 Å². The zero-order chi connectivity index (χ0) is 38.2. The summed E-state index contributed by atoms with van der Waals surface area (Å²) in [6.07, 6.45) is 46.1. The van der Waals surface area contributed by atoms with Gasteiger partial charge in [-0.05, 0) is 90.0 Å². The van der Waals surface area contributed by atoms with Gasteiger partial charge in [-0.25, -0.2) is 4.79 Å². The molecule has 0 aliphatic carbocycles. The van der Waals surface area contributed by atoms with E-state index in [9.17, 15) is 19.5 Å². The summed E-state index contributed by atoms with van der Waals surface area (Å²) in [6, 6.07) is -0.857. The molecule has 2 atom stereocenters. The van der Waals surface area contributed by atoms with Crippen molar-refractivity contribution in [3.05, 3.63) is 36.5 Å². The average Bonchev–Trinajstić information content (AvgIpc) is 3.13. The molecule has 0 saturated carbocycles. The maximum Gasteiger partial charge on any atom is 0.326 e. The third-order valence-corrected chi connectivity index (χ3v) is 9.72. The van der Waals surface area contributed by atoms with Crippen molar-refractivity contribution < 1.29 is 24.2 Å². The van der Waals surface area contributed by atoms with Gasteiger partial charge in [-0.3, -0.25) is 9.59 Å². The second-order valence-electron chi connectivity index (χ2n) is 14.7. The molecule has 0 aromatic carbocycles. The van der Waals surface area contributed by atoms with Gasteiger partial charge in [0.15, 0.2) is 0 Å². The number of aliphatic carboxylic acids is 1. The van der Waals surface area contributed by atoms with Crippen LogP contribution in [0.5, 0.6) is 0 Å². The number of rotatable bonds is 39. The fourth-order valence-corrected chi connectivity index (χ4v) is 6.47. The van der Waals surface area contributed by atoms with Crippen LogP contribution in [0.4, 0.5) is 0 Å². The zero-order valence-electron chi connectivity index (χ0n) is 33.9. The van der Waals surface area contributed by atoms with E-state index in [4.69, 9.17) is 10.5 Å². The quantitative estimate of drug-likeness (QED) is 0.0329. The highest BCUT2D eigenvalue weighted by Crippen LogP contribution is 2.19. The number of ether oxygens (including phenoxy) is 1. The fraction of sp³-hybridized carbons (Fsp3) is 0.800. The topological polar surface area (TPSA) is 119 Å². The molecule has 302 valence electrons. The first-order chi connectivity index (χ1) is 25.4. The number of allylic oxidation sites excluding steroid dienone is 6. The third-order valence-electron chi connectivity index (χ3n) is 9.72. The Hall–Kier alpha value is -2.41. The van der Waals surface area contributed by atoms with Crippen LogP contribution >= 0.6 is 0 Å². The molecule has 0 heterocycles. The summed E-state index contributed by atoms with van der Waals surface area (Å²) < 4.78 is 6.04. The van der Waals surface area contributed by atoms with E-state index in [0.29, 0.717) is 32.2 Å². The minimum Gasteiger partial charge on any atom is -0.480 e. The molecule has 0 aliphatic rings. The average molecular weight is 731 g/mol. The Morgan fingerprint density at radius 3 is 1.60 bits per heavy atom. The van der Waals surface area contributed by atoms with Gasteiger partial charge < -0.3 is 20.9 Å². The van der Waals surface area contributed by atoms with Crippen molar-refractivity contribution in [2.24, 2.45) is 5.73 Å². The maximum atomic E-state index is 12.8. The maximum absolute atomic E-state index is 12.8. The van der Waals surface area contributed by atoms with Crippen molar-refractivity contribution in [2.45, 2.75) is 225 Å². The van der Waals surface area contributed by atoms with E-state index < -0.39 is 12.0 Å². The Bertz CT molecular complexity index is 915. The summed E-state index contributed by atoms with van der Waals surface area (Å²) in [5.74, 6) is -1.24. The number of hydrogen-bond acceptors (Lipinski definition) is 5. The normalized spacial score (nSPS) is 13.0. The summed E-state index contributed by atoms with van der Waals surface area (Å²) in [7, 11) is 0. The molecule has 0 saturated heterocycles. The number of amides is 1. The van der Waals surface area contributed by atoms with Crippen LogP contribution in [-0.4, -0.2) is 41.6 Å². The highest BCUT2D eigenvalue weighted by Gasteiger charge is 2.19. The molecule has 2 unspecified atom stereocenters. The molecular weight excluding hydrogens is 649 g/mol. The highest BCUT2D eigenvalue weighted by molar-refractivity contribution is 5.83. The van der Waals surface area contributed by atoms with E-state index in [1.54, 1.807) is 0 Å². The van der Waals surface area contributed by atoms with Gasteiger partial charge in [0.2, 0.25) is 5.91 Å². The smallest absolute Gasteiger partial charge is 0.326 e. The van der Waals surface area contributed by atoms with Gasteiger partial charge in [0.25, 0.3) is 0 Å². The molecule has 0 radical (unpaired) electrons. The summed E-state index contributed by atoms with van der Waals surface area (Å²) in [5, 5.41) is 11.9. The Morgan fingerprint density at radius 2 is 1.06 bits per heavy atom. The molecule has 0 bridgehead atoms. The molecular formula is C45H82N2O5. The van der Waals surface area contributed by atoms with Crippen molar-refractivity contribution in [1.29, 1.82) is 0 Å². The van der Waals surface area contributed by atoms with Crippen LogP contribution in [0.25, 0.3) is 0 Å². The number of carbonyl (C=O) groups is 3. The number of hydrogen-bond donors (Lipinski definition) is 3. The standard InChI is InChI=1S/C45H82N2O5/c1-3-5-7-9-11-13-15-16-17-18-20-22-24-29-33-39-44(49)52-41(35-30-26-23-21-19-14-12-10-8-6-4-2)36-31-27-25-28-32-38-43(48)47-42(45(50)51)37-34-40-46/h5,7,11,13,16-17,41-42H,3-4,6,8-10,12,14-15,18-40,46H2,1-2H3,(H,47,48)(H,50,51)/b7-5-,13-11-,17-16-. The fourth-order valence-electron chi connectivity index (χ4n) is 6.47. The number of esters is 1. The predicted molar refractivity (Wildman–Crippen MR) is 220 cm³/mol. The Balaban J connectivity index is 4.33. The third kappa shape index (κ3) is 36.0. The van der Waals surface area contributed by atoms with Gasteiger partial charge in [0, 0.05) is 12.8 Å². The summed E-state index contributed by atoms with van der Waals surface area (Å²) in [4.78, 5) is 36.4. The predicted octanol–water partition coefficient (Wildman–Crippen LogP) is 12.2. The van der Waals surface area contributed by atoms with Gasteiger partial charge in [-0.15, -0.1) is 0 Å². The van der Waals surface area contributed by atoms with Crippen LogP contribution < -0.4 is 11.1 Å². The van der Waals surface area contributed by atoms with Crippen molar-refractivity contribution >= 4 is 17.8 Å². The van der Waals surface area contributed by atoms with Crippen molar-refractivity contribution in [1.82, 2.24) is 5.32 Å². The molecule has 52 heavy (non-hydrogen) atoms. The lowest BCUT2D eigenvalue weighted by molar-refractivity contribution is -0.150. The SMILES string of the molecule is CC/C=C\C/C=C\C/C=C\CCCCCCCC(=O)OC(CCCCCCCCCCCCC)CCCCCCCC(=O)NC(CCCN)C(=O)O. The van der Waals surface area contributed by atoms with E-state index in [2.05, 4.69) is 55.6 Å². The molecule has 0 rings (SSSR count). The van der Waals surface area contributed by atoms with E-state index in [-0.39, 0.29) is 18.0 Å². The molecule has 4 N–H and O–H groups in total. The molecule has 0 aromatic heterocycles. The first-order valence-electron chi connectivity index (χ1n) is 21.8. The monoisotopic (exact) mass is 731 g/mol. The van der Waals surface area contributed by atoms with E-state index >= 15 is 0 Å². The lowest BCUT2D eigenvalue weighted by atomic mass is 10.0. The van der Waals surface area contributed by atoms with E-state index in [1.165, 1.54) is 83.5 Å². The molecule has 1 amide bonds. The van der Waals surface area contributed by atoms with Crippen LogP contribution in [0.2, 0.25) is 0 Å². The van der Waals surface area contributed by atoms with Crippen LogP contribution in [0, 0.1) is 0 Å². The zero-order valence-corrected chi connectivity index (χ0v) is 33.9. The summed E-state index contributed by atoms with van der Waals surface area (Å²) in [5.41, 5.74) is 5.48. The molecule has 0 aliphatic heterocycles. The van der Waals surface area contributed by atoms with E-state index in [1.807, 2.05) is 0 Å².